The zero-order chi connectivity index (χ0) is 16.4. The Bertz CT molecular complexity index is 983. The number of hydrogen-bond donors (Lipinski definition) is 0. The molecule has 24 heavy (non-hydrogen) atoms. The minimum Gasteiger partial charge on any atom is -0.261 e. The summed E-state index contributed by atoms with van der Waals surface area (Å²) in [5.41, 5.74) is 3.39. The molecule has 0 saturated heterocycles. The predicted octanol–water partition coefficient (Wildman–Crippen LogP) is 3.39. The molecule has 0 aliphatic carbocycles. The van der Waals surface area contributed by atoms with Gasteiger partial charge in [0.15, 0.2) is 5.82 Å². The maximum absolute atomic E-state index is 4.64. The van der Waals surface area contributed by atoms with Crippen LogP contribution in [0.25, 0.3) is 28.5 Å². The van der Waals surface area contributed by atoms with Crippen LogP contribution < -0.4 is 0 Å². The fourth-order valence-electron chi connectivity index (χ4n) is 2.27. The Hall–Kier alpha value is -2.68. The molecule has 0 unspecified atom stereocenters. The van der Waals surface area contributed by atoms with Crippen LogP contribution in [0.4, 0.5) is 0 Å². The minimum atomic E-state index is 0.605. The smallest absolute Gasteiger partial charge is 0.178 e. The third-order valence-corrected chi connectivity index (χ3v) is 3.97. The molecule has 4 rings (SSSR count). The normalized spacial score (nSPS) is 10.7. The molecule has 0 radical (unpaired) electrons. The van der Waals surface area contributed by atoms with Gasteiger partial charge in [-0.1, -0.05) is 6.07 Å². The molecule has 116 valence electrons. The lowest BCUT2D eigenvalue weighted by molar-refractivity contribution is 0.872. The monoisotopic (exact) mass is 426 g/mol. The van der Waals surface area contributed by atoms with E-state index in [2.05, 4.69) is 47.6 Å². The molecule has 4 aromatic rings. The highest BCUT2D eigenvalue weighted by atomic mass is 127. The van der Waals surface area contributed by atoms with Crippen LogP contribution in [-0.2, 0) is 0 Å². The number of hydrogen-bond acceptors (Lipinski definition) is 5. The van der Waals surface area contributed by atoms with Gasteiger partial charge in [-0.25, -0.2) is 19.6 Å². The Morgan fingerprint density at radius 1 is 0.917 bits per heavy atom. The number of aromatic nitrogens is 6. The predicted molar refractivity (Wildman–Crippen MR) is 98.3 cm³/mol. The molecule has 7 heteroatoms. The summed E-state index contributed by atoms with van der Waals surface area (Å²) in [6, 6.07) is 9.59. The molecule has 0 N–H and O–H groups in total. The summed E-state index contributed by atoms with van der Waals surface area (Å²) in [6.45, 7) is 0. The van der Waals surface area contributed by atoms with Gasteiger partial charge in [-0.15, -0.1) is 0 Å². The van der Waals surface area contributed by atoms with E-state index in [1.54, 1.807) is 41.7 Å². The molecule has 4 aromatic heterocycles. The van der Waals surface area contributed by atoms with Crippen molar-refractivity contribution in [2.24, 2.45) is 0 Å². The summed E-state index contributed by atoms with van der Waals surface area (Å²) in [7, 11) is 0. The van der Waals surface area contributed by atoms with E-state index < -0.39 is 0 Å². The van der Waals surface area contributed by atoms with Crippen molar-refractivity contribution in [2.75, 3.05) is 0 Å². The van der Waals surface area contributed by atoms with Crippen molar-refractivity contribution in [1.29, 1.82) is 0 Å². The Labute approximate surface area is 151 Å². The lowest BCUT2D eigenvalue weighted by Gasteiger charge is -2.02. The van der Waals surface area contributed by atoms with Gasteiger partial charge in [0.05, 0.1) is 23.8 Å². The summed E-state index contributed by atoms with van der Waals surface area (Å²) < 4.78 is 2.85. The fourth-order valence-corrected chi connectivity index (χ4v) is 2.75. The highest BCUT2D eigenvalue weighted by molar-refractivity contribution is 14.1. The summed E-state index contributed by atoms with van der Waals surface area (Å²) in [4.78, 5) is 17.3. The van der Waals surface area contributed by atoms with Crippen molar-refractivity contribution in [1.82, 2.24) is 29.7 Å². The van der Waals surface area contributed by atoms with Crippen molar-refractivity contribution >= 4 is 22.6 Å². The van der Waals surface area contributed by atoms with Crippen LogP contribution in [0.15, 0.2) is 67.5 Å². The van der Waals surface area contributed by atoms with Gasteiger partial charge in [0.1, 0.15) is 5.69 Å². The van der Waals surface area contributed by atoms with E-state index in [-0.39, 0.29) is 0 Å². The first-order chi connectivity index (χ1) is 11.8. The Morgan fingerprint density at radius 3 is 2.58 bits per heavy atom. The molecular weight excluding hydrogens is 415 g/mol. The Morgan fingerprint density at radius 2 is 1.75 bits per heavy atom. The first-order valence-corrected chi connectivity index (χ1v) is 8.28. The molecule has 4 heterocycles. The molecule has 0 amide bonds. The van der Waals surface area contributed by atoms with Gasteiger partial charge in [-0.2, -0.15) is 5.10 Å². The Kier molecular flexibility index (Phi) is 3.99. The van der Waals surface area contributed by atoms with Crippen LogP contribution in [0.3, 0.4) is 0 Å². The highest BCUT2D eigenvalue weighted by Gasteiger charge is 2.08. The van der Waals surface area contributed by atoms with E-state index in [0.717, 1.165) is 26.2 Å². The number of halogens is 1. The summed E-state index contributed by atoms with van der Waals surface area (Å²) in [5, 5.41) is 4.41. The molecule has 0 aliphatic heterocycles. The molecule has 0 aliphatic rings. The first kappa shape index (κ1) is 14.9. The van der Waals surface area contributed by atoms with Crippen molar-refractivity contribution in [3.63, 3.8) is 0 Å². The van der Waals surface area contributed by atoms with Crippen molar-refractivity contribution in [2.45, 2.75) is 0 Å². The third kappa shape index (κ3) is 3.02. The van der Waals surface area contributed by atoms with E-state index in [9.17, 15) is 0 Å². The lowest BCUT2D eigenvalue weighted by atomic mass is 10.2. The first-order valence-electron chi connectivity index (χ1n) is 7.20. The third-order valence-electron chi connectivity index (χ3n) is 3.38. The maximum atomic E-state index is 4.64. The van der Waals surface area contributed by atoms with E-state index >= 15 is 0 Å². The fraction of sp³-hybridized carbons (Fsp3) is 0. The van der Waals surface area contributed by atoms with Gasteiger partial charge in [-0.3, -0.25) is 4.98 Å². The van der Waals surface area contributed by atoms with Crippen molar-refractivity contribution in [3.8, 4) is 28.5 Å². The summed E-state index contributed by atoms with van der Waals surface area (Å²) in [6.07, 6.45) is 10.7. The maximum Gasteiger partial charge on any atom is 0.178 e. The van der Waals surface area contributed by atoms with Gasteiger partial charge in [-0.05, 0) is 46.9 Å². The molecule has 6 nitrogen and oxygen atoms in total. The second-order valence-corrected chi connectivity index (χ2v) is 6.26. The second-order valence-electron chi connectivity index (χ2n) is 5.02. The largest absolute Gasteiger partial charge is 0.261 e. The summed E-state index contributed by atoms with van der Waals surface area (Å²) in [5.74, 6) is 0.605. The minimum absolute atomic E-state index is 0.605. The van der Waals surface area contributed by atoms with Crippen LogP contribution in [0.5, 0.6) is 0 Å². The SMILES string of the molecule is Ic1cncc(-n2cc(-c3cccc(-c4ncccn4)n3)cn2)c1. The molecule has 0 atom stereocenters. The molecule has 0 aromatic carbocycles. The number of pyridine rings is 2. The van der Waals surface area contributed by atoms with Crippen LogP contribution in [-0.4, -0.2) is 29.7 Å². The van der Waals surface area contributed by atoms with Gasteiger partial charge >= 0.3 is 0 Å². The number of nitrogens with zero attached hydrogens (tertiary/aromatic N) is 6. The standard InChI is InChI=1S/C17H11IN6/c18-13-7-14(10-19-9-13)24-11-12(8-22-24)15-3-1-4-16(23-15)17-20-5-2-6-21-17/h1-11H. The summed E-state index contributed by atoms with van der Waals surface area (Å²) >= 11 is 2.23. The zero-order valence-corrected chi connectivity index (χ0v) is 14.6. The highest BCUT2D eigenvalue weighted by Crippen LogP contribution is 2.21. The van der Waals surface area contributed by atoms with Crippen molar-refractivity contribution < 1.29 is 0 Å². The van der Waals surface area contributed by atoms with Gasteiger partial charge in [0.25, 0.3) is 0 Å². The zero-order valence-electron chi connectivity index (χ0n) is 12.4. The van der Waals surface area contributed by atoms with E-state index in [0.29, 0.717) is 5.82 Å². The average molecular weight is 426 g/mol. The lowest BCUT2D eigenvalue weighted by Crippen LogP contribution is -1.95. The van der Waals surface area contributed by atoms with Gasteiger partial charge < -0.3 is 0 Å². The average Bonchev–Trinajstić information content (AvgIpc) is 3.13. The molecule has 0 spiro atoms. The van der Waals surface area contributed by atoms with E-state index in [4.69, 9.17) is 0 Å². The topological polar surface area (TPSA) is 69.4 Å². The van der Waals surface area contributed by atoms with Crippen molar-refractivity contribution in [3.05, 3.63) is 71.1 Å². The molecule has 0 bridgehead atoms. The second kappa shape index (κ2) is 6.44. The van der Waals surface area contributed by atoms with Crippen LogP contribution in [0.1, 0.15) is 0 Å². The quantitative estimate of drug-likeness (QED) is 0.470. The van der Waals surface area contributed by atoms with Crippen LogP contribution in [0, 0.1) is 3.57 Å². The number of rotatable bonds is 3. The van der Waals surface area contributed by atoms with E-state index in [1.807, 2.05) is 30.5 Å². The van der Waals surface area contributed by atoms with Gasteiger partial charge in [0.2, 0.25) is 0 Å². The van der Waals surface area contributed by atoms with Crippen LogP contribution in [0.2, 0.25) is 0 Å². The molecule has 0 saturated carbocycles. The van der Waals surface area contributed by atoms with Gasteiger partial charge in [0, 0.05) is 33.9 Å². The molecular formula is C17H11IN6. The molecule has 0 fully saturated rings. The Balaban J connectivity index is 1.70. The van der Waals surface area contributed by atoms with E-state index in [1.165, 1.54) is 0 Å². The van der Waals surface area contributed by atoms with Crippen LogP contribution >= 0.6 is 22.6 Å².